The zero-order valence-electron chi connectivity index (χ0n) is 13.2. The second-order valence-corrected chi connectivity index (χ2v) is 8.21. The maximum Gasteiger partial charge on any atom is 0.328 e. The molecular formula is C18H20O4S. The number of allylic oxidation sites excluding steroid dienone is 2. The third-order valence-corrected chi connectivity index (χ3v) is 7.39. The molecule has 2 aliphatic carbocycles. The van der Waals surface area contributed by atoms with Crippen molar-refractivity contribution in [3.8, 4) is 0 Å². The Labute approximate surface area is 138 Å². The number of hydrogen-bond acceptors (Lipinski definition) is 4. The first-order valence-electron chi connectivity index (χ1n) is 8.08. The average molecular weight is 332 g/mol. The van der Waals surface area contributed by atoms with Crippen LogP contribution in [0.2, 0.25) is 0 Å². The van der Waals surface area contributed by atoms with Crippen LogP contribution in [0.3, 0.4) is 0 Å². The van der Waals surface area contributed by atoms with Crippen molar-refractivity contribution in [2.75, 3.05) is 6.61 Å². The Morgan fingerprint density at radius 2 is 2.04 bits per heavy atom. The molecule has 0 amide bonds. The van der Waals surface area contributed by atoms with E-state index >= 15 is 0 Å². The van der Waals surface area contributed by atoms with Gasteiger partial charge in [0.2, 0.25) is 6.29 Å². The van der Waals surface area contributed by atoms with Crippen molar-refractivity contribution >= 4 is 16.8 Å². The van der Waals surface area contributed by atoms with Crippen molar-refractivity contribution in [3.05, 3.63) is 42.0 Å². The maximum absolute atomic E-state index is 13.4. The summed E-state index contributed by atoms with van der Waals surface area (Å²) in [7, 11) is -1.45. The summed E-state index contributed by atoms with van der Waals surface area (Å²) in [5.74, 6) is -0.348. The highest BCUT2D eigenvalue weighted by Crippen LogP contribution is 2.60. The SMILES string of the molecule is CCO[C@H]1OC(=O)[C@@]2([S@@](=O)c3ccc(C)cc3)[C@@H]1[C@H]1C=C[C@@H]2C1. The number of benzene rings is 1. The Hall–Kier alpha value is -1.46. The van der Waals surface area contributed by atoms with Gasteiger partial charge in [0, 0.05) is 17.4 Å². The minimum atomic E-state index is -1.45. The second-order valence-electron chi connectivity index (χ2n) is 6.52. The average Bonchev–Trinajstić information content (AvgIpc) is 3.20. The standard InChI is InChI=1S/C18H20O4S/c1-3-21-16-15-12-6-7-13(10-12)18(15,17(19)22-16)23(20)14-8-4-11(2)5-9-14/h4-9,12-13,15-16H,3,10H2,1-2H3/t12-,13+,15+,16-,18-,23-/m0/s1. The lowest BCUT2D eigenvalue weighted by atomic mass is 9.83. The number of hydrogen-bond donors (Lipinski definition) is 0. The molecule has 0 unspecified atom stereocenters. The Bertz CT molecular complexity index is 695. The third-order valence-electron chi connectivity index (χ3n) is 5.33. The van der Waals surface area contributed by atoms with Gasteiger partial charge < -0.3 is 9.47 Å². The van der Waals surface area contributed by atoms with Gasteiger partial charge in [-0.1, -0.05) is 29.8 Å². The molecule has 122 valence electrons. The highest BCUT2D eigenvalue weighted by molar-refractivity contribution is 7.87. The van der Waals surface area contributed by atoms with Crippen LogP contribution in [0, 0.1) is 24.7 Å². The van der Waals surface area contributed by atoms with E-state index in [0.717, 1.165) is 12.0 Å². The predicted molar refractivity (Wildman–Crippen MR) is 86.1 cm³/mol. The fourth-order valence-electron chi connectivity index (χ4n) is 4.33. The third kappa shape index (κ3) is 1.93. The fourth-order valence-corrected chi connectivity index (χ4v) is 6.29. The van der Waals surface area contributed by atoms with Gasteiger partial charge in [0.15, 0.2) is 4.75 Å². The molecule has 23 heavy (non-hydrogen) atoms. The van der Waals surface area contributed by atoms with E-state index in [2.05, 4.69) is 6.08 Å². The molecule has 0 radical (unpaired) electrons. The number of rotatable bonds is 4. The van der Waals surface area contributed by atoms with Crippen molar-refractivity contribution in [1.82, 2.24) is 0 Å². The normalized spacial score (nSPS) is 38.6. The second kappa shape index (κ2) is 5.28. The van der Waals surface area contributed by atoms with Gasteiger partial charge in [0.1, 0.15) is 0 Å². The van der Waals surface area contributed by atoms with Crippen LogP contribution in [0.25, 0.3) is 0 Å². The Morgan fingerprint density at radius 3 is 2.74 bits per heavy atom. The first-order chi connectivity index (χ1) is 11.1. The quantitative estimate of drug-likeness (QED) is 0.628. The Balaban J connectivity index is 1.80. The number of esters is 1. The van der Waals surface area contributed by atoms with Crippen LogP contribution >= 0.6 is 0 Å². The monoisotopic (exact) mass is 332 g/mol. The maximum atomic E-state index is 13.4. The van der Waals surface area contributed by atoms with E-state index in [1.807, 2.05) is 44.2 Å². The molecule has 1 heterocycles. The van der Waals surface area contributed by atoms with Crippen LogP contribution in [0.5, 0.6) is 0 Å². The predicted octanol–water partition coefficient (Wildman–Crippen LogP) is 2.58. The molecule has 0 N–H and O–H groups in total. The molecule has 1 saturated heterocycles. The summed E-state index contributed by atoms with van der Waals surface area (Å²) < 4.78 is 23.6. The lowest BCUT2D eigenvalue weighted by molar-refractivity contribution is -0.168. The van der Waals surface area contributed by atoms with E-state index in [0.29, 0.717) is 11.5 Å². The fraction of sp³-hybridized carbons (Fsp3) is 0.500. The lowest BCUT2D eigenvalue weighted by Crippen LogP contribution is -2.49. The molecule has 5 heteroatoms. The molecule has 4 rings (SSSR count). The Kier molecular flexibility index (Phi) is 3.46. The van der Waals surface area contributed by atoms with Crippen LogP contribution < -0.4 is 0 Å². The molecule has 1 aromatic carbocycles. The van der Waals surface area contributed by atoms with Crippen LogP contribution in [0.15, 0.2) is 41.3 Å². The summed E-state index contributed by atoms with van der Waals surface area (Å²) in [6, 6.07) is 7.58. The highest BCUT2D eigenvalue weighted by Gasteiger charge is 2.72. The van der Waals surface area contributed by atoms with Crippen molar-refractivity contribution in [3.63, 3.8) is 0 Å². The number of fused-ring (bicyclic) bond motifs is 5. The molecule has 3 aliphatic rings. The summed E-state index contributed by atoms with van der Waals surface area (Å²) in [4.78, 5) is 13.5. The number of carbonyl (C=O) groups excluding carboxylic acids is 1. The first-order valence-corrected chi connectivity index (χ1v) is 9.23. The van der Waals surface area contributed by atoms with Gasteiger partial charge in [-0.2, -0.15) is 0 Å². The van der Waals surface area contributed by atoms with Gasteiger partial charge in [0.25, 0.3) is 0 Å². The van der Waals surface area contributed by atoms with Crippen LogP contribution in [0.4, 0.5) is 0 Å². The highest BCUT2D eigenvalue weighted by atomic mass is 32.2. The van der Waals surface area contributed by atoms with Gasteiger partial charge >= 0.3 is 5.97 Å². The van der Waals surface area contributed by atoms with Crippen molar-refractivity contribution < 1.29 is 18.5 Å². The van der Waals surface area contributed by atoms with E-state index < -0.39 is 21.8 Å². The number of cyclic esters (lactones) is 1. The van der Waals surface area contributed by atoms with E-state index in [1.165, 1.54) is 0 Å². The molecule has 6 atom stereocenters. The van der Waals surface area contributed by atoms with Crippen LogP contribution in [0.1, 0.15) is 18.9 Å². The van der Waals surface area contributed by atoms with Gasteiger partial charge in [-0.15, -0.1) is 0 Å². The zero-order chi connectivity index (χ0) is 16.2. The van der Waals surface area contributed by atoms with E-state index in [-0.39, 0.29) is 23.7 Å². The van der Waals surface area contributed by atoms with Crippen molar-refractivity contribution in [1.29, 1.82) is 0 Å². The molecule has 0 spiro atoms. The largest absolute Gasteiger partial charge is 0.434 e. The lowest BCUT2D eigenvalue weighted by Gasteiger charge is -2.32. The van der Waals surface area contributed by atoms with Gasteiger partial charge in [-0.3, -0.25) is 9.00 Å². The number of carbonyl (C=O) groups is 1. The van der Waals surface area contributed by atoms with Gasteiger partial charge in [0.05, 0.1) is 16.7 Å². The summed E-state index contributed by atoms with van der Waals surface area (Å²) in [5, 5.41) is 0. The zero-order valence-corrected chi connectivity index (χ0v) is 14.0. The smallest absolute Gasteiger partial charge is 0.328 e. The van der Waals surface area contributed by atoms with E-state index in [4.69, 9.17) is 9.47 Å². The molecule has 1 aromatic rings. The van der Waals surface area contributed by atoms with E-state index in [9.17, 15) is 9.00 Å². The molecule has 0 aromatic heterocycles. The van der Waals surface area contributed by atoms with Gasteiger partial charge in [-0.25, -0.2) is 0 Å². The van der Waals surface area contributed by atoms with Crippen molar-refractivity contribution in [2.24, 2.45) is 17.8 Å². The number of aryl methyl sites for hydroxylation is 1. The molecule has 2 bridgehead atoms. The number of ether oxygens (including phenoxy) is 2. The topological polar surface area (TPSA) is 52.6 Å². The summed E-state index contributed by atoms with van der Waals surface area (Å²) >= 11 is 0. The van der Waals surface area contributed by atoms with Crippen LogP contribution in [-0.4, -0.2) is 27.8 Å². The molecular weight excluding hydrogens is 312 g/mol. The van der Waals surface area contributed by atoms with Gasteiger partial charge in [-0.05, 0) is 38.3 Å². The summed E-state index contributed by atoms with van der Waals surface area (Å²) in [6.07, 6.45) is 4.46. The summed E-state index contributed by atoms with van der Waals surface area (Å²) in [5.41, 5.74) is 1.11. The minimum absolute atomic E-state index is 0.0300. The van der Waals surface area contributed by atoms with Crippen molar-refractivity contribution in [2.45, 2.75) is 36.2 Å². The molecule has 1 saturated carbocycles. The first kappa shape index (κ1) is 15.1. The molecule has 1 aliphatic heterocycles. The molecule has 2 fully saturated rings. The molecule has 4 nitrogen and oxygen atoms in total. The summed E-state index contributed by atoms with van der Waals surface area (Å²) in [6.45, 7) is 4.35. The van der Waals surface area contributed by atoms with E-state index in [1.54, 1.807) is 0 Å². The van der Waals surface area contributed by atoms with Crippen LogP contribution in [-0.2, 0) is 25.1 Å². The minimum Gasteiger partial charge on any atom is -0.434 e. The Morgan fingerprint density at radius 1 is 1.30 bits per heavy atom.